The van der Waals surface area contributed by atoms with Gasteiger partial charge in [-0.2, -0.15) is 0 Å². The average Bonchev–Trinajstić information content (AvgIpc) is 2.12. The number of nitro groups is 1. The van der Waals surface area contributed by atoms with Crippen molar-refractivity contribution in [3.8, 4) is 0 Å². The molecule has 0 aliphatic carbocycles. The van der Waals surface area contributed by atoms with Crippen LogP contribution in [0.25, 0.3) is 0 Å². The van der Waals surface area contributed by atoms with E-state index in [0.717, 1.165) is 12.5 Å². The lowest BCUT2D eigenvalue weighted by molar-refractivity contribution is -0.599. The summed E-state index contributed by atoms with van der Waals surface area (Å²) in [6.45, 7) is 1.88. The van der Waals surface area contributed by atoms with Crippen molar-refractivity contribution in [3.05, 3.63) is 33.1 Å². The van der Waals surface area contributed by atoms with E-state index in [2.05, 4.69) is 0 Å². The third-order valence-electron chi connectivity index (χ3n) is 1.82. The standard InChI is InChI=1S/C8H11N3O3/c1-2-3-6-4-7(11(13)14)5-8(9)10(6)12/h4-5H,2-3,9H2,1H3. The van der Waals surface area contributed by atoms with E-state index in [1.165, 1.54) is 6.07 Å². The van der Waals surface area contributed by atoms with Crippen LogP contribution in [0.4, 0.5) is 11.5 Å². The highest BCUT2D eigenvalue weighted by Crippen LogP contribution is 2.14. The Kier molecular flexibility index (Phi) is 2.85. The molecule has 0 aliphatic rings. The number of nitrogens with zero attached hydrogens (tertiary/aromatic N) is 2. The lowest BCUT2D eigenvalue weighted by Gasteiger charge is -2.10. The number of anilines is 1. The summed E-state index contributed by atoms with van der Waals surface area (Å²) in [6.07, 6.45) is 1.22. The van der Waals surface area contributed by atoms with Crippen molar-refractivity contribution in [1.82, 2.24) is 0 Å². The number of hydrogen-bond donors (Lipinski definition) is 1. The number of nitrogens with two attached hydrogens (primary N) is 1. The fraction of sp³-hybridized carbons (Fsp3) is 0.375. The zero-order valence-electron chi connectivity index (χ0n) is 7.77. The minimum atomic E-state index is -0.560. The highest BCUT2D eigenvalue weighted by atomic mass is 16.6. The van der Waals surface area contributed by atoms with Crippen LogP contribution >= 0.6 is 0 Å². The SMILES string of the molecule is CCCc1cc([N+](=O)[O-])cc(N)[n+]1[O-]. The van der Waals surface area contributed by atoms with Gasteiger partial charge < -0.3 is 5.21 Å². The molecule has 0 atom stereocenters. The molecule has 6 heteroatoms. The summed E-state index contributed by atoms with van der Waals surface area (Å²) < 4.78 is 0.524. The average molecular weight is 197 g/mol. The van der Waals surface area contributed by atoms with Gasteiger partial charge in [0.2, 0.25) is 0 Å². The smallest absolute Gasteiger partial charge is 0.282 e. The van der Waals surface area contributed by atoms with Crippen LogP contribution in [0.5, 0.6) is 0 Å². The van der Waals surface area contributed by atoms with E-state index in [4.69, 9.17) is 5.73 Å². The van der Waals surface area contributed by atoms with E-state index in [1.807, 2.05) is 6.92 Å². The van der Waals surface area contributed by atoms with Crippen LogP contribution in [0.3, 0.4) is 0 Å². The second-order valence-corrected chi connectivity index (χ2v) is 2.93. The van der Waals surface area contributed by atoms with E-state index < -0.39 is 4.92 Å². The maximum absolute atomic E-state index is 11.3. The molecule has 14 heavy (non-hydrogen) atoms. The first kappa shape index (κ1) is 10.2. The van der Waals surface area contributed by atoms with E-state index in [1.54, 1.807) is 0 Å². The molecule has 6 nitrogen and oxygen atoms in total. The maximum Gasteiger partial charge on any atom is 0.282 e. The minimum Gasteiger partial charge on any atom is -0.710 e. The minimum absolute atomic E-state index is 0.136. The molecule has 0 aliphatic heterocycles. The molecule has 0 saturated heterocycles. The van der Waals surface area contributed by atoms with Crippen LogP contribution in [-0.4, -0.2) is 4.92 Å². The predicted octanol–water partition coefficient (Wildman–Crippen LogP) is 0.763. The fourth-order valence-corrected chi connectivity index (χ4v) is 1.18. The highest BCUT2D eigenvalue weighted by molar-refractivity contribution is 5.38. The van der Waals surface area contributed by atoms with Gasteiger partial charge in [-0.1, -0.05) is 6.92 Å². The van der Waals surface area contributed by atoms with Gasteiger partial charge in [0.25, 0.3) is 11.5 Å². The molecule has 1 rings (SSSR count). The van der Waals surface area contributed by atoms with Crippen LogP contribution in [0, 0.1) is 15.3 Å². The number of rotatable bonds is 3. The fourth-order valence-electron chi connectivity index (χ4n) is 1.18. The monoisotopic (exact) mass is 197 g/mol. The summed E-state index contributed by atoms with van der Waals surface area (Å²) in [5.74, 6) is -0.136. The molecule has 0 saturated carbocycles. The van der Waals surface area contributed by atoms with Crippen LogP contribution in [0.15, 0.2) is 12.1 Å². The Morgan fingerprint density at radius 3 is 2.71 bits per heavy atom. The van der Waals surface area contributed by atoms with Gasteiger partial charge in [-0.25, -0.2) is 4.73 Å². The lowest BCUT2D eigenvalue weighted by Crippen LogP contribution is -2.35. The molecule has 0 radical (unpaired) electrons. The van der Waals surface area contributed by atoms with Crippen molar-refractivity contribution in [1.29, 1.82) is 0 Å². The van der Waals surface area contributed by atoms with Gasteiger partial charge in [0, 0.05) is 6.42 Å². The number of aromatic nitrogens is 1. The Hall–Kier alpha value is -1.85. The van der Waals surface area contributed by atoms with Gasteiger partial charge >= 0.3 is 0 Å². The van der Waals surface area contributed by atoms with Gasteiger partial charge in [-0.15, -0.1) is 0 Å². The zero-order valence-corrected chi connectivity index (χ0v) is 7.77. The van der Waals surface area contributed by atoms with Crippen molar-refractivity contribution in [2.24, 2.45) is 0 Å². The second kappa shape index (κ2) is 3.91. The first-order chi connectivity index (χ1) is 6.56. The Labute approximate surface area is 80.7 Å². The summed E-state index contributed by atoms with van der Waals surface area (Å²) in [5, 5.41) is 21.8. The topological polar surface area (TPSA) is 96.1 Å². The Morgan fingerprint density at radius 1 is 1.57 bits per heavy atom. The molecule has 1 heterocycles. The number of hydrogen-bond acceptors (Lipinski definition) is 4. The van der Waals surface area contributed by atoms with Crippen molar-refractivity contribution in [2.45, 2.75) is 19.8 Å². The summed E-state index contributed by atoms with van der Waals surface area (Å²) in [4.78, 5) is 9.90. The van der Waals surface area contributed by atoms with E-state index in [9.17, 15) is 15.3 Å². The molecular weight excluding hydrogens is 186 g/mol. The molecule has 0 fully saturated rings. The molecule has 0 spiro atoms. The van der Waals surface area contributed by atoms with Gasteiger partial charge in [0.15, 0.2) is 0 Å². The molecule has 1 aromatic rings. The Morgan fingerprint density at radius 2 is 2.21 bits per heavy atom. The third-order valence-corrected chi connectivity index (χ3v) is 1.82. The first-order valence-corrected chi connectivity index (χ1v) is 4.22. The van der Waals surface area contributed by atoms with Gasteiger partial charge in [0.05, 0.1) is 11.0 Å². The van der Waals surface area contributed by atoms with Crippen molar-refractivity contribution in [3.63, 3.8) is 0 Å². The normalized spacial score (nSPS) is 10.1. The van der Waals surface area contributed by atoms with Crippen LogP contribution in [0.1, 0.15) is 19.0 Å². The van der Waals surface area contributed by atoms with Gasteiger partial charge in [-0.3, -0.25) is 15.8 Å². The summed E-state index contributed by atoms with van der Waals surface area (Å²) in [6, 6.07) is 2.32. The number of aryl methyl sites for hydroxylation is 1. The zero-order chi connectivity index (χ0) is 10.7. The quantitative estimate of drug-likeness (QED) is 0.335. The molecule has 0 unspecified atom stereocenters. The van der Waals surface area contributed by atoms with Crippen LogP contribution < -0.4 is 10.5 Å². The van der Waals surface area contributed by atoms with Gasteiger partial charge in [-0.05, 0) is 6.42 Å². The van der Waals surface area contributed by atoms with E-state index in [0.29, 0.717) is 16.8 Å². The molecule has 0 aromatic carbocycles. The first-order valence-electron chi connectivity index (χ1n) is 4.22. The van der Waals surface area contributed by atoms with E-state index in [-0.39, 0.29) is 11.5 Å². The molecule has 2 N–H and O–H groups in total. The summed E-state index contributed by atoms with van der Waals surface area (Å²) in [7, 11) is 0. The lowest BCUT2D eigenvalue weighted by atomic mass is 10.2. The highest BCUT2D eigenvalue weighted by Gasteiger charge is 2.14. The Bertz CT molecular complexity index is 365. The number of pyridine rings is 1. The second-order valence-electron chi connectivity index (χ2n) is 2.93. The largest absolute Gasteiger partial charge is 0.710 e. The molecular formula is C8H11N3O3. The van der Waals surface area contributed by atoms with Crippen molar-refractivity contribution < 1.29 is 9.65 Å². The van der Waals surface area contributed by atoms with Crippen molar-refractivity contribution >= 4 is 11.5 Å². The third kappa shape index (κ3) is 1.90. The molecule has 1 aromatic heterocycles. The Balaban J connectivity index is 3.20. The van der Waals surface area contributed by atoms with Crippen LogP contribution in [-0.2, 0) is 6.42 Å². The summed E-state index contributed by atoms with van der Waals surface area (Å²) >= 11 is 0. The summed E-state index contributed by atoms with van der Waals surface area (Å²) in [5.41, 5.74) is 5.53. The number of nitrogen functional groups attached to an aromatic ring is 1. The van der Waals surface area contributed by atoms with E-state index >= 15 is 0 Å². The predicted molar refractivity (Wildman–Crippen MR) is 50.5 cm³/mol. The van der Waals surface area contributed by atoms with Crippen LogP contribution in [0.2, 0.25) is 0 Å². The van der Waals surface area contributed by atoms with Crippen molar-refractivity contribution in [2.75, 3.05) is 5.73 Å². The molecule has 0 bridgehead atoms. The molecule has 76 valence electrons. The maximum atomic E-state index is 11.3. The van der Waals surface area contributed by atoms with Gasteiger partial charge in [0.1, 0.15) is 11.8 Å². The molecule has 0 amide bonds.